The molecule has 0 aliphatic carbocycles. The maximum atomic E-state index is 11.3. The number of carbonyl (C=O) groups excluding carboxylic acids is 1. The van der Waals surface area contributed by atoms with Crippen LogP contribution in [0.1, 0.15) is 32.6 Å². The molecule has 0 aliphatic rings. The first-order valence-electron chi connectivity index (χ1n) is 7.41. The number of H-pyrrole nitrogens is 1. The second-order valence-corrected chi connectivity index (χ2v) is 5.33. The molecular formula is C14H20N6OS. The van der Waals surface area contributed by atoms with E-state index in [-0.39, 0.29) is 5.91 Å². The fraction of sp³-hybridized carbons (Fsp3) is 0.500. The third-order valence-corrected chi connectivity index (χ3v) is 3.39. The van der Waals surface area contributed by atoms with Gasteiger partial charge in [0, 0.05) is 37.5 Å². The summed E-state index contributed by atoms with van der Waals surface area (Å²) in [6.07, 6.45) is 8.79. The highest BCUT2D eigenvalue weighted by atomic mass is 32.1. The Bertz CT molecular complexity index is 645. The average molecular weight is 320 g/mol. The van der Waals surface area contributed by atoms with Crippen LogP contribution in [0.25, 0.3) is 11.3 Å². The Kier molecular flexibility index (Phi) is 6.20. The molecule has 0 aromatic carbocycles. The number of nitrogens with zero attached hydrogens (tertiary/aromatic N) is 4. The summed E-state index contributed by atoms with van der Waals surface area (Å²) < 4.78 is 2.26. The summed E-state index contributed by atoms with van der Waals surface area (Å²) >= 11 is 4.91. The summed E-state index contributed by atoms with van der Waals surface area (Å²) in [6.45, 7) is 3.41. The van der Waals surface area contributed by atoms with Gasteiger partial charge in [-0.1, -0.05) is 11.6 Å². The first-order valence-corrected chi connectivity index (χ1v) is 7.82. The molecular weight excluding hydrogens is 300 g/mol. The van der Waals surface area contributed by atoms with E-state index < -0.39 is 0 Å². The van der Waals surface area contributed by atoms with Gasteiger partial charge in [-0.25, -0.2) is 4.98 Å². The Labute approximate surface area is 134 Å². The number of amides is 1. The van der Waals surface area contributed by atoms with Crippen molar-refractivity contribution in [3.8, 4) is 11.3 Å². The Morgan fingerprint density at radius 1 is 1.41 bits per heavy atom. The SMILES string of the molecule is CCNC(=O)CCCCCn1cc(-c2cnc(=S)[nH]c2)nn1. The molecule has 22 heavy (non-hydrogen) atoms. The minimum absolute atomic E-state index is 0.125. The van der Waals surface area contributed by atoms with Crippen LogP contribution in [0.4, 0.5) is 0 Å². The van der Waals surface area contributed by atoms with Crippen molar-refractivity contribution in [2.75, 3.05) is 6.54 Å². The van der Waals surface area contributed by atoms with Gasteiger partial charge in [0.2, 0.25) is 5.91 Å². The number of hydrogen-bond donors (Lipinski definition) is 2. The summed E-state index contributed by atoms with van der Waals surface area (Å²) in [4.78, 5) is 18.2. The second kappa shape index (κ2) is 8.38. The minimum atomic E-state index is 0.125. The Balaban J connectivity index is 1.74. The van der Waals surface area contributed by atoms with E-state index in [1.807, 2.05) is 17.8 Å². The molecule has 0 saturated carbocycles. The zero-order chi connectivity index (χ0) is 15.8. The van der Waals surface area contributed by atoms with E-state index in [4.69, 9.17) is 12.2 Å². The van der Waals surface area contributed by atoms with Crippen LogP contribution < -0.4 is 5.32 Å². The standard InChI is InChI=1S/C14H20N6OS/c1-2-15-13(21)6-4-3-5-7-20-10-12(18-19-20)11-8-16-14(22)17-9-11/h8-10H,2-7H2,1H3,(H,15,21)(H,16,17,22). The molecule has 8 heteroatoms. The maximum absolute atomic E-state index is 11.3. The molecule has 2 heterocycles. The molecule has 2 rings (SSSR count). The zero-order valence-electron chi connectivity index (χ0n) is 12.6. The summed E-state index contributed by atoms with van der Waals surface area (Å²) in [6, 6.07) is 0. The fourth-order valence-electron chi connectivity index (χ4n) is 2.04. The smallest absolute Gasteiger partial charge is 0.219 e. The van der Waals surface area contributed by atoms with Gasteiger partial charge in [-0.05, 0) is 32.0 Å². The lowest BCUT2D eigenvalue weighted by atomic mass is 10.2. The van der Waals surface area contributed by atoms with Crippen LogP contribution in [0, 0.1) is 4.77 Å². The second-order valence-electron chi connectivity index (χ2n) is 4.94. The first-order chi connectivity index (χ1) is 10.7. The number of rotatable bonds is 8. The van der Waals surface area contributed by atoms with Crippen molar-refractivity contribution in [1.29, 1.82) is 0 Å². The maximum Gasteiger partial charge on any atom is 0.219 e. The summed E-state index contributed by atoms with van der Waals surface area (Å²) in [5.41, 5.74) is 1.62. The number of aryl methyl sites for hydroxylation is 1. The van der Waals surface area contributed by atoms with Crippen LogP contribution in [-0.2, 0) is 11.3 Å². The lowest BCUT2D eigenvalue weighted by molar-refractivity contribution is -0.121. The molecule has 2 N–H and O–H groups in total. The van der Waals surface area contributed by atoms with Crippen LogP contribution in [-0.4, -0.2) is 37.4 Å². The van der Waals surface area contributed by atoms with Crippen molar-refractivity contribution in [2.45, 2.75) is 39.2 Å². The number of aromatic amines is 1. The van der Waals surface area contributed by atoms with Gasteiger partial charge in [-0.2, -0.15) is 0 Å². The highest BCUT2D eigenvalue weighted by molar-refractivity contribution is 7.71. The number of nitrogens with one attached hydrogen (secondary N) is 2. The number of unbranched alkanes of at least 4 members (excludes halogenated alkanes) is 2. The highest BCUT2D eigenvalue weighted by Gasteiger charge is 2.04. The van der Waals surface area contributed by atoms with Gasteiger partial charge in [-0.15, -0.1) is 5.10 Å². The molecule has 0 bridgehead atoms. The van der Waals surface area contributed by atoms with Crippen LogP contribution >= 0.6 is 12.2 Å². The van der Waals surface area contributed by atoms with Gasteiger partial charge >= 0.3 is 0 Å². The predicted molar refractivity (Wildman–Crippen MR) is 85.6 cm³/mol. The Hall–Kier alpha value is -2.09. The van der Waals surface area contributed by atoms with Crippen LogP contribution in [0.3, 0.4) is 0 Å². The molecule has 0 saturated heterocycles. The number of aromatic nitrogens is 5. The zero-order valence-corrected chi connectivity index (χ0v) is 13.4. The highest BCUT2D eigenvalue weighted by Crippen LogP contribution is 2.13. The first kappa shape index (κ1) is 16.3. The molecule has 0 spiro atoms. The van der Waals surface area contributed by atoms with Crippen molar-refractivity contribution in [3.05, 3.63) is 23.4 Å². The minimum Gasteiger partial charge on any atom is -0.356 e. The summed E-state index contributed by atoms with van der Waals surface area (Å²) in [7, 11) is 0. The van der Waals surface area contributed by atoms with Gasteiger partial charge in [0.15, 0.2) is 4.77 Å². The molecule has 0 fully saturated rings. The largest absolute Gasteiger partial charge is 0.356 e. The van der Waals surface area contributed by atoms with Crippen molar-refractivity contribution < 1.29 is 4.79 Å². The molecule has 0 radical (unpaired) electrons. The molecule has 118 valence electrons. The van der Waals surface area contributed by atoms with Crippen molar-refractivity contribution in [2.24, 2.45) is 0 Å². The van der Waals surface area contributed by atoms with E-state index >= 15 is 0 Å². The van der Waals surface area contributed by atoms with E-state index in [9.17, 15) is 4.79 Å². The fourth-order valence-corrected chi connectivity index (χ4v) is 2.16. The summed E-state index contributed by atoms with van der Waals surface area (Å²) in [5, 5.41) is 11.0. The molecule has 0 unspecified atom stereocenters. The molecule has 1 amide bonds. The Morgan fingerprint density at radius 2 is 2.27 bits per heavy atom. The third-order valence-electron chi connectivity index (χ3n) is 3.17. The normalized spacial score (nSPS) is 10.6. The van der Waals surface area contributed by atoms with Crippen molar-refractivity contribution in [1.82, 2.24) is 30.3 Å². The van der Waals surface area contributed by atoms with Gasteiger partial charge in [-0.3, -0.25) is 9.48 Å². The van der Waals surface area contributed by atoms with E-state index in [0.717, 1.165) is 37.1 Å². The van der Waals surface area contributed by atoms with Crippen molar-refractivity contribution >= 4 is 18.1 Å². The topological polar surface area (TPSA) is 88.5 Å². The van der Waals surface area contributed by atoms with Crippen LogP contribution in [0.15, 0.2) is 18.6 Å². The average Bonchev–Trinajstić information content (AvgIpc) is 2.97. The van der Waals surface area contributed by atoms with Gasteiger partial charge < -0.3 is 10.3 Å². The molecule has 0 aliphatic heterocycles. The molecule has 0 atom stereocenters. The lowest BCUT2D eigenvalue weighted by Gasteiger charge is -2.02. The number of hydrogen-bond acceptors (Lipinski definition) is 5. The predicted octanol–water partition coefficient (Wildman–Crippen LogP) is 2.09. The van der Waals surface area contributed by atoms with Crippen LogP contribution in [0.5, 0.6) is 0 Å². The van der Waals surface area contributed by atoms with Crippen LogP contribution in [0.2, 0.25) is 0 Å². The van der Waals surface area contributed by atoms with E-state index in [0.29, 0.717) is 17.7 Å². The molecule has 2 aromatic rings. The quantitative estimate of drug-likeness (QED) is 0.574. The van der Waals surface area contributed by atoms with E-state index in [1.165, 1.54) is 0 Å². The lowest BCUT2D eigenvalue weighted by Crippen LogP contribution is -2.22. The summed E-state index contributed by atoms with van der Waals surface area (Å²) in [5.74, 6) is 0.125. The Morgan fingerprint density at radius 3 is 3.00 bits per heavy atom. The number of carbonyl (C=O) groups is 1. The van der Waals surface area contributed by atoms with Gasteiger partial charge in [0.05, 0.1) is 6.20 Å². The molecule has 7 nitrogen and oxygen atoms in total. The van der Waals surface area contributed by atoms with Crippen molar-refractivity contribution in [3.63, 3.8) is 0 Å². The molecule has 2 aromatic heterocycles. The van der Waals surface area contributed by atoms with E-state index in [1.54, 1.807) is 12.4 Å². The third kappa shape index (κ3) is 5.03. The monoisotopic (exact) mass is 320 g/mol. The van der Waals surface area contributed by atoms with Gasteiger partial charge in [0.1, 0.15) is 5.69 Å². The van der Waals surface area contributed by atoms with Gasteiger partial charge in [0.25, 0.3) is 0 Å². The van der Waals surface area contributed by atoms with E-state index in [2.05, 4.69) is 25.6 Å².